The molecule has 19 heavy (non-hydrogen) atoms. The van der Waals surface area contributed by atoms with Crippen molar-refractivity contribution in [3.63, 3.8) is 0 Å². The van der Waals surface area contributed by atoms with Gasteiger partial charge in [0.25, 0.3) is 0 Å². The summed E-state index contributed by atoms with van der Waals surface area (Å²) in [6.07, 6.45) is 5.53. The molecule has 2 aromatic rings. The van der Waals surface area contributed by atoms with Gasteiger partial charge >= 0.3 is 0 Å². The molecule has 2 rings (SSSR count). The van der Waals surface area contributed by atoms with Crippen molar-refractivity contribution in [2.24, 2.45) is 0 Å². The molecule has 0 aliphatic heterocycles. The number of hydrogen-bond donors (Lipinski definition) is 1. The zero-order valence-corrected chi connectivity index (χ0v) is 12.5. The second-order valence-corrected chi connectivity index (χ2v) is 5.45. The van der Waals surface area contributed by atoms with Crippen LogP contribution in [0.15, 0.2) is 47.5 Å². The lowest BCUT2D eigenvalue weighted by Gasteiger charge is -2.27. The Hall–Kier alpha value is -1.17. The molecule has 1 aromatic heterocycles. The highest BCUT2D eigenvalue weighted by molar-refractivity contribution is 9.10. The van der Waals surface area contributed by atoms with Crippen molar-refractivity contribution in [3.8, 4) is 0 Å². The van der Waals surface area contributed by atoms with Gasteiger partial charge in [-0.25, -0.2) is 4.98 Å². The highest BCUT2D eigenvalue weighted by atomic mass is 79.9. The number of halogens is 1. The quantitative estimate of drug-likeness (QED) is 0.887. The Morgan fingerprint density at radius 2 is 2.32 bits per heavy atom. The summed E-state index contributed by atoms with van der Waals surface area (Å²) < 4.78 is 3.07. The minimum absolute atomic E-state index is 0.0148. The van der Waals surface area contributed by atoms with Gasteiger partial charge in [-0.15, -0.1) is 0 Å². The molecule has 1 aromatic carbocycles. The lowest BCUT2D eigenvalue weighted by atomic mass is 10.1. The molecule has 0 aliphatic carbocycles. The van der Waals surface area contributed by atoms with E-state index >= 15 is 0 Å². The second kappa shape index (κ2) is 6.84. The number of hydrogen-bond acceptors (Lipinski definition) is 3. The molecule has 102 valence electrons. The molecular formula is C14H18BrN3O. The van der Waals surface area contributed by atoms with E-state index < -0.39 is 0 Å². The largest absolute Gasteiger partial charge is 0.394 e. The van der Waals surface area contributed by atoms with Crippen molar-refractivity contribution >= 4 is 15.9 Å². The number of likely N-dealkylation sites (N-methyl/N-ethyl adjacent to an activating group) is 1. The van der Waals surface area contributed by atoms with Gasteiger partial charge < -0.3 is 9.67 Å². The third-order valence-electron chi connectivity index (χ3n) is 3.21. The summed E-state index contributed by atoms with van der Waals surface area (Å²) in [5, 5.41) is 9.62. The molecule has 1 heterocycles. The van der Waals surface area contributed by atoms with Crippen molar-refractivity contribution < 1.29 is 5.11 Å². The van der Waals surface area contributed by atoms with E-state index in [0.717, 1.165) is 23.1 Å². The maximum absolute atomic E-state index is 9.62. The molecule has 5 heteroatoms. The van der Waals surface area contributed by atoms with Crippen LogP contribution >= 0.6 is 15.9 Å². The second-order valence-electron chi connectivity index (χ2n) is 4.53. The number of aliphatic hydroxyl groups is 1. The van der Waals surface area contributed by atoms with Crippen molar-refractivity contribution in [1.29, 1.82) is 0 Å². The first-order valence-corrected chi connectivity index (χ1v) is 7.02. The number of benzene rings is 1. The van der Waals surface area contributed by atoms with Crippen LogP contribution in [-0.2, 0) is 6.54 Å². The zero-order chi connectivity index (χ0) is 13.7. The van der Waals surface area contributed by atoms with E-state index in [4.69, 9.17) is 0 Å². The fourth-order valence-electron chi connectivity index (χ4n) is 2.06. The van der Waals surface area contributed by atoms with Crippen LogP contribution in [0, 0.1) is 0 Å². The van der Waals surface area contributed by atoms with Gasteiger partial charge in [-0.1, -0.05) is 28.1 Å². The molecule has 0 aliphatic rings. The van der Waals surface area contributed by atoms with Gasteiger partial charge in [-0.2, -0.15) is 0 Å². The fraction of sp³-hybridized carbons (Fsp3) is 0.357. The zero-order valence-electron chi connectivity index (χ0n) is 10.9. The summed E-state index contributed by atoms with van der Waals surface area (Å²) in [6, 6.07) is 8.09. The summed E-state index contributed by atoms with van der Waals surface area (Å²) in [4.78, 5) is 6.18. The molecular weight excluding hydrogens is 306 g/mol. The lowest BCUT2D eigenvalue weighted by molar-refractivity contribution is 0.144. The van der Waals surface area contributed by atoms with Crippen LogP contribution in [0.25, 0.3) is 0 Å². The van der Waals surface area contributed by atoms with Crippen LogP contribution in [0.1, 0.15) is 11.6 Å². The summed E-state index contributed by atoms with van der Waals surface area (Å²) >= 11 is 3.47. The van der Waals surface area contributed by atoms with Crippen molar-refractivity contribution in [1.82, 2.24) is 14.5 Å². The first-order valence-electron chi connectivity index (χ1n) is 6.23. The van der Waals surface area contributed by atoms with Crippen LogP contribution in [0.3, 0.4) is 0 Å². The van der Waals surface area contributed by atoms with Crippen LogP contribution < -0.4 is 0 Å². The first-order chi connectivity index (χ1) is 9.20. The van der Waals surface area contributed by atoms with E-state index in [0.29, 0.717) is 0 Å². The van der Waals surface area contributed by atoms with E-state index in [2.05, 4.69) is 31.9 Å². The lowest BCUT2D eigenvalue weighted by Crippen LogP contribution is -2.30. The SMILES string of the molecule is CN(CCn1ccnc1)C(CO)c1cccc(Br)c1. The third-order valence-corrected chi connectivity index (χ3v) is 3.70. The van der Waals surface area contributed by atoms with Gasteiger partial charge in [0.15, 0.2) is 0 Å². The maximum Gasteiger partial charge on any atom is 0.0946 e. The Bertz CT molecular complexity index is 501. The van der Waals surface area contributed by atoms with Crippen LogP contribution in [-0.4, -0.2) is 39.8 Å². The van der Waals surface area contributed by atoms with Crippen molar-refractivity contribution in [2.75, 3.05) is 20.2 Å². The molecule has 0 radical (unpaired) electrons. The molecule has 4 nitrogen and oxygen atoms in total. The van der Waals surface area contributed by atoms with E-state index in [1.165, 1.54) is 0 Å². The van der Waals surface area contributed by atoms with Gasteiger partial charge in [-0.05, 0) is 24.7 Å². The van der Waals surface area contributed by atoms with Gasteiger partial charge in [0.1, 0.15) is 0 Å². The topological polar surface area (TPSA) is 41.3 Å². The first kappa shape index (κ1) is 14.2. The Labute approximate surface area is 121 Å². The normalized spacial score (nSPS) is 12.8. The number of aromatic nitrogens is 2. The molecule has 0 amide bonds. The standard InChI is InChI=1S/C14H18BrN3O/c1-17(7-8-18-6-5-16-11-18)14(10-19)12-3-2-4-13(15)9-12/h2-6,9,11,14,19H,7-8,10H2,1H3. The Morgan fingerprint density at radius 1 is 1.47 bits per heavy atom. The molecule has 0 spiro atoms. The Morgan fingerprint density at radius 3 is 2.95 bits per heavy atom. The minimum Gasteiger partial charge on any atom is -0.394 e. The highest BCUT2D eigenvalue weighted by Gasteiger charge is 2.16. The minimum atomic E-state index is 0.0148. The van der Waals surface area contributed by atoms with Crippen LogP contribution in [0.4, 0.5) is 0 Å². The summed E-state index contributed by atoms with van der Waals surface area (Å²) in [7, 11) is 2.03. The molecule has 0 bridgehead atoms. The monoisotopic (exact) mass is 323 g/mol. The summed E-state index contributed by atoms with van der Waals surface area (Å²) in [5.74, 6) is 0. The molecule has 0 saturated carbocycles. The van der Waals surface area contributed by atoms with Crippen LogP contribution in [0.2, 0.25) is 0 Å². The van der Waals surface area contributed by atoms with Gasteiger partial charge in [-0.3, -0.25) is 4.90 Å². The number of rotatable bonds is 6. The van der Waals surface area contributed by atoms with E-state index in [-0.39, 0.29) is 12.6 Å². The third kappa shape index (κ3) is 3.89. The molecule has 0 saturated heterocycles. The van der Waals surface area contributed by atoms with E-state index in [1.807, 2.05) is 36.0 Å². The van der Waals surface area contributed by atoms with Gasteiger partial charge in [0.2, 0.25) is 0 Å². The molecule has 1 atom stereocenters. The van der Waals surface area contributed by atoms with E-state index in [9.17, 15) is 5.11 Å². The summed E-state index contributed by atoms with van der Waals surface area (Å²) in [5.41, 5.74) is 1.12. The fourth-order valence-corrected chi connectivity index (χ4v) is 2.48. The van der Waals surface area contributed by atoms with Gasteiger partial charge in [0, 0.05) is 30.0 Å². The predicted octanol–water partition coefficient (Wildman–Crippen LogP) is 2.31. The Balaban J connectivity index is 2.00. The number of imidazole rings is 1. The number of nitrogens with zero attached hydrogens (tertiary/aromatic N) is 3. The number of aliphatic hydroxyl groups excluding tert-OH is 1. The molecule has 0 fully saturated rings. The van der Waals surface area contributed by atoms with Crippen LogP contribution in [0.5, 0.6) is 0 Å². The van der Waals surface area contributed by atoms with Gasteiger partial charge in [0.05, 0.1) is 19.0 Å². The smallest absolute Gasteiger partial charge is 0.0946 e. The molecule has 1 unspecified atom stereocenters. The Kier molecular flexibility index (Phi) is 5.13. The molecule has 1 N–H and O–H groups in total. The van der Waals surface area contributed by atoms with Crippen molar-refractivity contribution in [2.45, 2.75) is 12.6 Å². The highest BCUT2D eigenvalue weighted by Crippen LogP contribution is 2.22. The van der Waals surface area contributed by atoms with Crippen molar-refractivity contribution in [3.05, 3.63) is 53.0 Å². The average molecular weight is 324 g/mol. The summed E-state index contributed by atoms with van der Waals surface area (Å²) in [6.45, 7) is 1.83. The predicted molar refractivity (Wildman–Crippen MR) is 78.8 cm³/mol. The average Bonchev–Trinajstić information content (AvgIpc) is 2.90. The van der Waals surface area contributed by atoms with E-state index in [1.54, 1.807) is 12.5 Å². The maximum atomic E-state index is 9.62.